The molecule has 0 bridgehead atoms. The van der Waals surface area contributed by atoms with E-state index >= 15 is 0 Å². The number of carbonyl (C=O) groups excluding carboxylic acids is 1. The lowest BCUT2D eigenvalue weighted by molar-refractivity contribution is -0.121. The molecule has 7 heteroatoms. The highest BCUT2D eigenvalue weighted by Gasteiger charge is 2.36. The minimum absolute atomic E-state index is 0.0183. The number of carbonyl (C=O) groups is 1. The maximum absolute atomic E-state index is 13.3. The molecule has 20 heavy (non-hydrogen) atoms. The molecule has 0 saturated carbocycles. The Hall–Kier alpha value is -2.31. The molecule has 0 aliphatic carbocycles. The van der Waals surface area contributed by atoms with Crippen LogP contribution in [0.1, 0.15) is 20.3 Å². The number of amidine groups is 1. The summed E-state index contributed by atoms with van der Waals surface area (Å²) in [5.74, 6) is -1.15. The van der Waals surface area contributed by atoms with E-state index < -0.39 is 17.1 Å². The van der Waals surface area contributed by atoms with Crippen LogP contribution in [0.3, 0.4) is 0 Å². The molecule has 0 radical (unpaired) electrons. The van der Waals surface area contributed by atoms with Gasteiger partial charge in [0.05, 0.1) is 7.11 Å². The van der Waals surface area contributed by atoms with E-state index in [1.165, 1.54) is 25.3 Å². The van der Waals surface area contributed by atoms with Crippen LogP contribution in [0.25, 0.3) is 0 Å². The number of ether oxygens (including phenoxy) is 1. The molecule has 0 aromatic heterocycles. The van der Waals surface area contributed by atoms with E-state index in [9.17, 15) is 9.18 Å². The maximum Gasteiger partial charge on any atom is 0.238 e. The van der Waals surface area contributed by atoms with Gasteiger partial charge in [-0.1, -0.05) is 12.1 Å². The number of nitrogens with zero attached hydrogens (tertiary/aromatic N) is 1. The normalized spacial score (nSPS) is 14.5. The molecule has 6 nitrogen and oxygen atoms in total. The van der Waals surface area contributed by atoms with Gasteiger partial charge in [0.1, 0.15) is 5.41 Å². The first-order chi connectivity index (χ1) is 9.38. The summed E-state index contributed by atoms with van der Waals surface area (Å²) in [6.07, 6.45) is 0.340. The first-order valence-electron chi connectivity index (χ1n) is 6.02. The van der Waals surface area contributed by atoms with E-state index in [1.54, 1.807) is 13.8 Å². The van der Waals surface area contributed by atoms with E-state index in [0.29, 0.717) is 12.1 Å². The summed E-state index contributed by atoms with van der Waals surface area (Å²) >= 11 is 0. The number of halogens is 1. The molecule has 1 aromatic rings. The average Bonchev–Trinajstić information content (AvgIpc) is 2.47. The zero-order valence-electron chi connectivity index (χ0n) is 11.6. The van der Waals surface area contributed by atoms with Crippen LogP contribution in [0.4, 0.5) is 10.1 Å². The van der Waals surface area contributed by atoms with Crippen molar-refractivity contribution in [3.8, 4) is 5.75 Å². The number of amides is 1. The molecule has 0 saturated heterocycles. The summed E-state index contributed by atoms with van der Waals surface area (Å²) in [6, 6.07) is 3.94. The van der Waals surface area contributed by atoms with Crippen LogP contribution >= 0.6 is 0 Å². The van der Waals surface area contributed by atoms with Crippen molar-refractivity contribution in [1.82, 2.24) is 0 Å². The number of oxime groups is 1. The lowest BCUT2D eigenvalue weighted by Gasteiger charge is -2.25. The number of hydrogen-bond acceptors (Lipinski definition) is 4. The number of rotatable bonds is 5. The van der Waals surface area contributed by atoms with Crippen molar-refractivity contribution < 1.29 is 19.1 Å². The molecule has 0 aliphatic heterocycles. The molecule has 1 aromatic carbocycles. The smallest absolute Gasteiger partial charge is 0.238 e. The van der Waals surface area contributed by atoms with Crippen molar-refractivity contribution in [2.24, 2.45) is 16.3 Å². The monoisotopic (exact) mass is 283 g/mol. The van der Waals surface area contributed by atoms with Crippen LogP contribution in [0.2, 0.25) is 0 Å². The van der Waals surface area contributed by atoms with Gasteiger partial charge in [-0.05, 0) is 25.5 Å². The third kappa shape index (κ3) is 2.98. The predicted molar refractivity (Wildman–Crippen MR) is 73.4 cm³/mol. The quantitative estimate of drug-likeness (QED) is 0.333. The second-order valence-corrected chi connectivity index (χ2v) is 4.47. The molecule has 110 valence electrons. The highest BCUT2D eigenvalue weighted by atomic mass is 19.1. The first kappa shape index (κ1) is 15.7. The second kappa shape index (κ2) is 6.23. The summed E-state index contributed by atoms with van der Waals surface area (Å²) in [5.41, 5.74) is 4.75. The third-order valence-electron chi connectivity index (χ3n) is 3.29. The summed E-state index contributed by atoms with van der Waals surface area (Å²) < 4.78 is 18.1. The van der Waals surface area contributed by atoms with Crippen LogP contribution in [0.5, 0.6) is 5.75 Å². The Kier molecular flexibility index (Phi) is 4.90. The Morgan fingerprint density at radius 2 is 2.25 bits per heavy atom. The van der Waals surface area contributed by atoms with Gasteiger partial charge in [0, 0.05) is 11.8 Å². The highest BCUT2D eigenvalue weighted by Crippen LogP contribution is 2.26. The number of hydrogen-bond donors (Lipinski definition) is 3. The number of nitrogens with one attached hydrogen (secondary N) is 1. The number of nitrogens with two attached hydrogens (primary N) is 1. The Balaban J connectivity index is 3.00. The van der Waals surface area contributed by atoms with Gasteiger partial charge in [-0.25, -0.2) is 4.39 Å². The van der Waals surface area contributed by atoms with E-state index in [4.69, 9.17) is 15.7 Å². The standard InChI is InChI=1S/C13H18FN3O3/c1-4-13(2,11(15)17-19)12(18)16-8-5-6-9(14)10(7-8)20-3/h5-7,19H,4H2,1-3H3,(H2,15,17)(H,16,18). The lowest BCUT2D eigenvalue weighted by atomic mass is 9.85. The first-order valence-corrected chi connectivity index (χ1v) is 6.02. The van der Waals surface area contributed by atoms with Crippen molar-refractivity contribution >= 4 is 17.4 Å². The minimum Gasteiger partial charge on any atom is -0.494 e. The summed E-state index contributed by atoms with van der Waals surface area (Å²) in [7, 11) is 1.33. The van der Waals surface area contributed by atoms with Gasteiger partial charge in [0.15, 0.2) is 17.4 Å². The van der Waals surface area contributed by atoms with Crippen LogP contribution in [-0.2, 0) is 4.79 Å². The summed E-state index contributed by atoms with van der Waals surface area (Å²) in [5, 5.41) is 14.2. The Morgan fingerprint density at radius 1 is 1.60 bits per heavy atom. The largest absolute Gasteiger partial charge is 0.494 e. The van der Waals surface area contributed by atoms with E-state index in [-0.39, 0.29) is 11.6 Å². The second-order valence-electron chi connectivity index (χ2n) is 4.47. The van der Waals surface area contributed by atoms with E-state index in [0.717, 1.165) is 0 Å². The minimum atomic E-state index is -1.16. The molecule has 1 unspecified atom stereocenters. The number of methoxy groups -OCH3 is 1. The molecule has 0 fully saturated rings. The van der Waals surface area contributed by atoms with Crippen LogP contribution in [0.15, 0.2) is 23.4 Å². The Bertz CT molecular complexity index is 534. The molecule has 0 heterocycles. The van der Waals surface area contributed by atoms with Gasteiger partial charge in [-0.2, -0.15) is 0 Å². The molecule has 0 aliphatic rings. The number of benzene rings is 1. The Morgan fingerprint density at radius 3 is 2.75 bits per heavy atom. The van der Waals surface area contributed by atoms with Gasteiger partial charge in [-0.3, -0.25) is 4.79 Å². The lowest BCUT2D eigenvalue weighted by Crippen LogP contribution is -2.44. The van der Waals surface area contributed by atoms with Crippen molar-refractivity contribution in [2.45, 2.75) is 20.3 Å². The van der Waals surface area contributed by atoms with Crippen molar-refractivity contribution in [3.63, 3.8) is 0 Å². The summed E-state index contributed by atoms with van der Waals surface area (Å²) in [6.45, 7) is 3.29. The van der Waals surface area contributed by atoms with Gasteiger partial charge in [0.25, 0.3) is 0 Å². The SMILES string of the molecule is CCC(C)(C(=O)Nc1ccc(F)c(OC)c1)/C(N)=N/O. The fourth-order valence-corrected chi connectivity index (χ4v) is 1.57. The average molecular weight is 283 g/mol. The summed E-state index contributed by atoms with van der Waals surface area (Å²) in [4.78, 5) is 12.2. The molecular formula is C13H18FN3O3. The third-order valence-corrected chi connectivity index (χ3v) is 3.29. The molecule has 0 spiro atoms. The van der Waals surface area contributed by atoms with E-state index in [2.05, 4.69) is 10.5 Å². The number of anilines is 1. The fraction of sp³-hybridized carbons (Fsp3) is 0.385. The van der Waals surface area contributed by atoms with Gasteiger partial charge >= 0.3 is 0 Å². The topological polar surface area (TPSA) is 96.9 Å². The van der Waals surface area contributed by atoms with Crippen molar-refractivity contribution in [2.75, 3.05) is 12.4 Å². The van der Waals surface area contributed by atoms with E-state index in [1.807, 2.05) is 0 Å². The van der Waals surface area contributed by atoms with Gasteiger partial charge in [0.2, 0.25) is 5.91 Å². The fourth-order valence-electron chi connectivity index (χ4n) is 1.57. The zero-order chi connectivity index (χ0) is 15.3. The van der Waals surface area contributed by atoms with Crippen LogP contribution in [0, 0.1) is 11.2 Å². The molecule has 1 amide bonds. The van der Waals surface area contributed by atoms with Crippen molar-refractivity contribution in [1.29, 1.82) is 0 Å². The Labute approximate surface area is 116 Å². The van der Waals surface area contributed by atoms with Gasteiger partial charge < -0.3 is 21.0 Å². The predicted octanol–water partition coefficient (Wildman–Crippen LogP) is 1.94. The zero-order valence-corrected chi connectivity index (χ0v) is 11.6. The van der Waals surface area contributed by atoms with Crippen molar-refractivity contribution in [3.05, 3.63) is 24.0 Å². The molecule has 1 atom stereocenters. The highest BCUT2D eigenvalue weighted by molar-refractivity contribution is 6.11. The molecular weight excluding hydrogens is 265 g/mol. The molecule has 4 N–H and O–H groups in total. The van der Waals surface area contributed by atoms with Crippen LogP contribution < -0.4 is 15.8 Å². The maximum atomic E-state index is 13.3. The van der Waals surface area contributed by atoms with Crippen LogP contribution in [-0.4, -0.2) is 24.1 Å². The molecule has 1 rings (SSSR count). The van der Waals surface area contributed by atoms with Gasteiger partial charge in [-0.15, -0.1) is 0 Å².